The van der Waals surface area contributed by atoms with E-state index in [1.54, 1.807) is 6.20 Å². The van der Waals surface area contributed by atoms with Crippen LogP contribution in [0.1, 0.15) is 23.1 Å². The van der Waals surface area contributed by atoms with Gasteiger partial charge in [-0.25, -0.2) is 0 Å². The van der Waals surface area contributed by atoms with Gasteiger partial charge < -0.3 is 10.1 Å². The van der Waals surface area contributed by atoms with Crippen LogP contribution in [-0.2, 0) is 4.79 Å². The van der Waals surface area contributed by atoms with Crippen LogP contribution in [0.2, 0.25) is 0 Å². The van der Waals surface area contributed by atoms with Crippen molar-refractivity contribution in [2.24, 2.45) is 0 Å². The number of carbonyl (C=O) groups excluding carboxylic acids is 1. The van der Waals surface area contributed by atoms with E-state index in [2.05, 4.69) is 15.5 Å². The Morgan fingerprint density at radius 1 is 1.30 bits per heavy atom. The predicted octanol–water partition coefficient (Wildman–Crippen LogP) is 2.74. The second-order valence-electron chi connectivity index (χ2n) is 4.77. The van der Waals surface area contributed by atoms with Gasteiger partial charge in [0, 0.05) is 5.56 Å². The molecule has 1 aromatic carbocycles. The summed E-state index contributed by atoms with van der Waals surface area (Å²) in [5.74, 6) is 1.37. The lowest BCUT2D eigenvalue weighted by molar-refractivity contribution is -0.116. The van der Waals surface area contributed by atoms with Gasteiger partial charge in [-0.1, -0.05) is 12.1 Å². The van der Waals surface area contributed by atoms with E-state index >= 15 is 0 Å². The fraction of sp³-hybridized carbons (Fsp3) is 0.333. The monoisotopic (exact) mass is 273 g/mol. The first kappa shape index (κ1) is 14.1. The van der Waals surface area contributed by atoms with Gasteiger partial charge in [0.2, 0.25) is 5.91 Å². The highest BCUT2D eigenvalue weighted by molar-refractivity contribution is 5.90. The van der Waals surface area contributed by atoms with Gasteiger partial charge in [0.15, 0.2) is 0 Å². The average molecular weight is 273 g/mol. The number of rotatable bonds is 5. The maximum atomic E-state index is 11.8. The number of anilines is 1. The van der Waals surface area contributed by atoms with E-state index in [1.807, 2.05) is 39.0 Å². The second kappa shape index (κ2) is 6.23. The minimum atomic E-state index is -0.0948. The molecule has 0 saturated heterocycles. The zero-order chi connectivity index (χ0) is 14.5. The Labute approximate surface area is 118 Å². The van der Waals surface area contributed by atoms with Gasteiger partial charge in [0.05, 0.1) is 19.2 Å². The summed E-state index contributed by atoms with van der Waals surface area (Å²) >= 11 is 0. The highest BCUT2D eigenvalue weighted by Gasteiger charge is 2.07. The number of amides is 1. The molecule has 0 saturated carbocycles. The van der Waals surface area contributed by atoms with Crippen molar-refractivity contribution in [3.63, 3.8) is 0 Å². The van der Waals surface area contributed by atoms with Crippen LogP contribution in [0, 0.1) is 20.8 Å². The summed E-state index contributed by atoms with van der Waals surface area (Å²) < 4.78 is 5.65. The first-order valence-electron chi connectivity index (χ1n) is 6.56. The predicted molar refractivity (Wildman–Crippen MR) is 78.0 cm³/mol. The van der Waals surface area contributed by atoms with Gasteiger partial charge in [-0.15, -0.1) is 0 Å². The maximum Gasteiger partial charge on any atom is 0.228 e. The molecule has 5 nitrogen and oxygen atoms in total. The Kier molecular flexibility index (Phi) is 4.40. The fourth-order valence-electron chi connectivity index (χ4n) is 1.81. The SMILES string of the molecule is Cc1cn[nH]c1NC(=O)CCOc1cccc(C)c1C. The van der Waals surface area contributed by atoms with E-state index in [1.165, 1.54) is 5.56 Å². The van der Waals surface area contributed by atoms with E-state index in [0.29, 0.717) is 18.8 Å². The van der Waals surface area contributed by atoms with Gasteiger partial charge in [0.25, 0.3) is 0 Å². The van der Waals surface area contributed by atoms with Crippen LogP contribution in [0.25, 0.3) is 0 Å². The second-order valence-corrected chi connectivity index (χ2v) is 4.77. The molecule has 2 aromatic rings. The van der Waals surface area contributed by atoms with Crippen molar-refractivity contribution in [2.75, 3.05) is 11.9 Å². The standard InChI is InChI=1S/C15H19N3O2/c1-10-5-4-6-13(12(10)3)20-8-7-14(19)17-15-11(2)9-16-18-15/h4-6,9H,7-8H2,1-3H3,(H2,16,17,18,19). The largest absolute Gasteiger partial charge is 0.493 e. The molecule has 0 unspecified atom stereocenters. The van der Waals surface area contributed by atoms with Crippen LogP contribution >= 0.6 is 0 Å². The number of nitrogens with one attached hydrogen (secondary N) is 2. The lowest BCUT2D eigenvalue weighted by Crippen LogP contribution is -2.16. The van der Waals surface area contributed by atoms with Crippen molar-refractivity contribution >= 4 is 11.7 Å². The van der Waals surface area contributed by atoms with Crippen LogP contribution in [0.4, 0.5) is 5.82 Å². The summed E-state index contributed by atoms with van der Waals surface area (Å²) in [6.07, 6.45) is 1.97. The molecule has 1 heterocycles. The van der Waals surface area contributed by atoms with Crippen molar-refractivity contribution in [1.82, 2.24) is 10.2 Å². The molecule has 0 aliphatic carbocycles. The van der Waals surface area contributed by atoms with E-state index < -0.39 is 0 Å². The molecule has 1 amide bonds. The number of aryl methyl sites for hydroxylation is 2. The molecule has 2 rings (SSSR count). The summed E-state index contributed by atoms with van der Waals surface area (Å²) in [7, 11) is 0. The van der Waals surface area contributed by atoms with Crippen molar-refractivity contribution in [3.05, 3.63) is 41.1 Å². The topological polar surface area (TPSA) is 67.0 Å². The number of hydrogen-bond acceptors (Lipinski definition) is 3. The van der Waals surface area contributed by atoms with Gasteiger partial charge >= 0.3 is 0 Å². The summed E-state index contributed by atoms with van der Waals surface area (Å²) in [5, 5.41) is 9.36. The van der Waals surface area contributed by atoms with Gasteiger partial charge in [-0.3, -0.25) is 9.89 Å². The normalized spacial score (nSPS) is 10.3. The molecule has 0 bridgehead atoms. The number of hydrogen-bond donors (Lipinski definition) is 2. The first-order chi connectivity index (χ1) is 9.58. The Morgan fingerprint density at radius 3 is 2.80 bits per heavy atom. The summed E-state index contributed by atoms with van der Waals surface area (Å²) in [4.78, 5) is 11.8. The summed E-state index contributed by atoms with van der Waals surface area (Å²) in [6.45, 7) is 6.28. The van der Waals surface area contributed by atoms with Crippen molar-refractivity contribution in [3.8, 4) is 5.75 Å². The van der Waals surface area contributed by atoms with Crippen LogP contribution in [0.15, 0.2) is 24.4 Å². The minimum Gasteiger partial charge on any atom is -0.493 e. The molecule has 0 atom stereocenters. The Morgan fingerprint density at radius 2 is 2.10 bits per heavy atom. The number of aromatic amines is 1. The Hall–Kier alpha value is -2.30. The molecule has 0 spiro atoms. The number of carbonyl (C=O) groups is 1. The van der Waals surface area contributed by atoms with Crippen molar-refractivity contribution < 1.29 is 9.53 Å². The number of aromatic nitrogens is 2. The Bertz CT molecular complexity index is 605. The quantitative estimate of drug-likeness (QED) is 0.880. The maximum absolute atomic E-state index is 11.8. The van der Waals surface area contributed by atoms with Crippen LogP contribution < -0.4 is 10.1 Å². The third-order valence-corrected chi connectivity index (χ3v) is 3.23. The van der Waals surface area contributed by atoms with Crippen molar-refractivity contribution in [2.45, 2.75) is 27.2 Å². The van der Waals surface area contributed by atoms with Crippen LogP contribution in [-0.4, -0.2) is 22.7 Å². The lowest BCUT2D eigenvalue weighted by Gasteiger charge is -2.10. The molecule has 2 N–H and O–H groups in total. The van der Waals surface area contributed by atoms with Gasteiger partial charge in [-0.2, -0.15) is 5.10 Å². The molecular formula is C15H19N3O2. The molecular weight excluding hydrogens is 254 g/mol. The smallest absolute Gasteiger partial charge is 0.228 e. The van der Waals surface area contributed by atoms with E-state index in [4.69, 9.17) is 4.74 Å². The number of ether oxygens (including phenoxy) is 1. The highest BCUT2D eigenvalue weighted by Crippen LogP contribution is 2.20. The molecule has 0 fully saturated rings. The molecule has 1 aromatic heterocycles. The van der Waals surface area contributed by atoms with Crippen LogP contribution in [0.3, 0.4) is 0 Å². The zero-order valence-electron chi connectivity index (χ0n) is 12.0. The van der Waals surface area contributed by atoms with E-state index in [-0.39, 0.29) is 5.91 Å². The minimum absolute atomic E-state index is 0.0948. The van der Waals surface area contributed by atoms with Gasteiger partial charge in [-0.05, 0) is 38.0 Å². The molecule has 0 aliphatic rings. The summed E-state index contributed by atoms with van der Waals surface area (Å²) in [6, 6.07) is 5.90. The fourth-order valence-corrected chi connectivity index (χ4v) is 1.81. The molecule has 0 radical (unpaired) electrons. The lowest BCUT2D eigenvalue weighted by atomic mass is 10.1. The van der Waals surface area contributed by atoms with Crippen molar-refractivity contribution in [1.29, 1.82) is 0 Å². The number of benzene rings is 1. The molecule has 5 heteroatoms. The number of nitrogens with zero attached hydrogens (tertiary/aromatic N) is 1. The number of H-pyrrole nitrogens is 1. The molecule has 20 heavy (non-hydrogen) atoms. The molecule has 106 valence electrons. The third kappa shape index (κ3) is 3.38. The highest BCUT2D eigenvalue weighted by atomic mass is 16.5. The summed E-state index contributed by atoms with van der Waals surface area (Å²) in [5.41, 5.74) is 3.20. The average Bonchev–Trinajstić information content (AvgIpc) is 2.80. The Balaban J connectivity index is 1.82. The van der Waals surface area contributed by atoms with E-state index in [0.717, 1.165) is 16.9 Å². The molecule has 0 aliphatic heterocycles. The zero-order valence-corrected chi connectivity index (χ0v) is 12.0. The van der Waals surface area contributed by atoms with Gasteiger partial charge in [0.1, 0.15) is 11.6 Å². The van der Waals surface area contributed by atoms with Crippen LogP contribution in [0.5, 0.6) is 5.75 Å². The third-order valence-electron chi connectivity index (χ3n) is 3.23. The first-order valence-corrected chi connectivity index (χ1v) is 6.56. The van der Waals surface area contributed by atoms with E-state index in [9.17, 15) is 4.79 Å².